The molecule has 0 aromatic heterocycles. The molecule has 0 saturated carbocycles. The molecule has 0 heterocycles. The number of rotatable bonds is 3. The third kappa shape index (κ3) is 5.98. The van der Waals surface area contributed by atoms with Gasteiger partial charge in [0.1, 0.15) is 4.84 Å². The number of ether oxygens (including phenoxy) is 1. The lowest BCUT2D eigenvalue weighted by Crippen LogP contribution is -2.28. The molecule has 0 aromatic rings. The van der Waals surface area contributed by atoms with Crippen molar-refractivity contribution < 1.29 is 9.53 Å². The molecule has 0 fully saturated rings. The number of carbonyl (C=O) groups is 1. The van der Waals surface area contributed by atoms with Gasteiger partial charge in [0.2, 0.25) is 0 Å². The van der Waals surface area contributed by atoms with E-state index in [4.69, 9.17) is 23.2 Å². The minimum Gasteiger partial charge on any atom is -0.450 e. The first-order chi connectivity index (χ1) is 4.66. The second-order valence-electron chi connectivity index (χ2n) is 1.49. The van der Waals surface area contributed by atoms with Crippen molar-refractivity contribution in [1.82, 2.24) is 5.32 Å². The van der Waals surface area contributed by atoms with Crippen LogP contribution in [-0.2, 0) is 4.74 Å². The maximum absolute atomic E-state index is 10.5. The summed E-state index contributed by atoms with van der Waals surface area (Å²) in [6.45, 7) is 2.28. The first kappa shape index (κ1) is 9.85. The van der Waals surface area contributed by atoms with Crippen LogP contribution in [0.1, 0.15) is 6.92 Å². The number of halogens is 2. The minimum absolute atomic E-state index is 0.210. The van der Waals surface area contributed by atoms with E-state index in [9.17, 15) is 4.79 Å². The van der Waals surface area contributed by atoms with Gasteiger partial charge in [0.25, 0.3) is 0 Å². The highest BCUT2D eigenvalue weighted by Gasteiger charge is 2.02. The van der Waals surface area contributed by atoms with Crippen LogP contribution in [-0.4, -0.2) is 24.1 Å². The Balaban J connectivity index is 3.22. The fourth-order valence-corrected chi connectivity index (χ4v) is 0.497. The third-order valence-corrected chi connectivity index (χ3v) is 0.985. The zero-order valence-corrected chi connectivity index (χ0v) is 7.08. The summed E-state index contributed by atoms with van der Waals surface area (Å²) in [4.78, 5) is 9.92. The van der Waals surface area contributed by atoms with Gasteiger partial charge in [-0.1, -0.05) is 0 Å². The minimum atomic E-state index is -0.579. The van der Waals surface area contributed by atoms with Crippen molar-refractivity contribution in [3.63, 3.8) is 0 Å². The van der Waals surface area contributed by atoms with Crippen molar-refractivity contribution in [1.29, 1.82) is 0 Å². The SMILES string of the molecule is CCOC(=O)NCC(Cl)Cl. The van der Waals surface area contributed by atoms with Crippen molar-refractivity contribution >= 4 is 29.3 Å². The number of alkyl carbamates (subject to hydrolysis) is 1. The van der Waals surface area contributed by atoms with Crippen molar-refractivity contribution in [3.05, 3.63) is 0 Å². The molecule has 1 N–H and O–H groups in total. The van der Waals surface area contributed by atoms with Gasteiger partial charge in [0.15, 0.2) is 0 Å². The quantitative estimate of drug-likeness (QED) is 0.678. The van der Waals surface area contributed by atoms with Crippen LogP contribution < -0.4 is 5.32 Å². The van der Waals surface area contributed by atoms with Gasteiger partial charge in [-0.3, -0.25) is 0 Å². The maximum Gasteiger partial charge on any atom is 0.407 e. The van der Waals surface area contributed by atoms with Crippen LogP contribution >= 0.6 is 23.2 Å². The highest BCUT2D eigenvalue weighted by molar-refractivity contribution is 6.44. The zero-order valence-electron chi connectivity index (χ0n) is 5.56. The number of hydrogen-bond acceptors (Lipinski definition) is 2. The third-order valence-electron chi connectivity index (χ3n) is 0.676. The van der Waals surface area contributed by atoms with E-state index in [2.05, 4.69) is 10.1 Å². The van der Waals surface area contributed by atoms with Gasteiger partial charge in [0.05, 0.1) is 13.2 Å². The summed E-state index contributed by atoms with van der Waals surface area (Å²) in [5.41, 5.74) is 0. The number of nitrogens with one attached hydrogen (secondary N) is 1. The van der Waals surface area contributed by atoms with E-state index in [0.29, 0.717) is 6.61 Å². The number of carbonyl (C=O) groups excluding carboxylic acids is 1. The smallest absolute Gasteiger partial charge is 0.407 e. The van der Waals surface area contributed by atoms with E-state index < -0.39 is 10.9 Å². The zero-order chi connectivity index (χ0) is 7.98. The van der Waals surface area contributed by atoms with Crippen LogP contribution in [0.25, 0.3) is 0 Å². The van der Waals surface area contributed by atoms with Gasteiger partial charge in [-0.2, -0.15) is 0 Å². The van der Waals surface area contributed by atoms with Crippen molar-refractivity contribution in [3.8, 4) is 0 Å². The summed E-state index contributed by atoms with van der Waals surface area (Å²) in [6, 6.07) is 0. The largest absolute Gasteiger partial charge is 0.450 e. The number of alkyl halides is 2. The topological polar surface area (TPSA) is 38.3 Å². The molecule has 0 radical (unpaired) electrons. The van der Waals surface area contributed by atoms with Crippen LogP contribution in [0.4, 0.5) is 4.79 Å². The van der Waals surface area contributed by atoms with E-state index in [1.54, 1.807) is 6.92 Å². The summed E-state index contributed by atoms with van der Waals surface area (Å²) >= 11 is 10.6. The monoisotopic (exact) mass is 185 g/mol. The maximum atomic E-state index is 10.5. The molecule has 0 spiro atoms. The van der Waals surface area contributed by atoms with E-state index in [1.807, 2.05) is 0 Å². The van der Waals surface area contributed by atoms with E-state index in [0.717, 1.165) is 0 Å². The second-order valence-corrected chi connectivity index (χ2v) is 2.77. The molecular weight excluding hydrogens is 177 g/mol. The predicted octanol–water partition coefficient (Wildman–Crippen LogP) is 1.54. The van der Waals surface area contributed by atoms with Crippen LogP contribution in [0.3, 0.4) is 0 Å². The molecule has 0 unspecified atom stereocenters. The Morgan fingerprint density at radius 1 is 1.70 bits per heavy atom. The molecule has 10 heavy (non-hydrogen) atoms. The Morgan fingerprint density at radius 3 is 2.70 bits per heavy atom. The van der Waals surface area contributed by atoms with Gasteiger partial charge in [-0.15, -0.1) is 23.2 Å². The number of amides is 1. The molecule has 0 bridgehead atoms. The first-order valence-corrected chi connectivity index (χ1v) is 3.73. The highest BCUT2D eigenvalue weighted by Crippen LogP contribution is 1.97. The lowest BCUT2D eigenvalue weighted by atomic mass is 10.7. The van der Waals surface area contributed by atoms with Crippen molar-refractivity contribution in [2.75, 3.05) is 13.2 Å². The van der Waals surface area contributed by atoms with Gasteiger partial charge in [-0.05, 0) is 6.92 Å². The average Bonchev–Trinajstić information content (AvgIpc) is 1.85. The molecule has 0 aliphatic heterocycles. The molecule has 0 aromatic carbocycles. The molecule has 0 saturated heterocycles. The Kier molecular flexibility index (Phi) is 5.54. The Bertz CT molecular complexity index is 108. The fraction of sp³-hybridized carbons (Fsp3) is 0.800. The van der Waals surface area contributed by atoms with Crippen LogP contribution in [0.2, 0.25) is 0 Å². The highest BCUT2D eigenvalue weighted by atomic mass is 35.5. The summed E-state index contributed by atoms with van der Waals surface area (Å²) in [6.07, 6.45) is -0.492. The van der Waals surface area contributed by atoms with Gasteiger partial charge < -0.3 is 10.1 Å². The van der Waals surface area contributed by atoms with E-state index >= 15 is 0 Å². The summed E-state index contributed by atoms with van der Waals surface area (Å²) in [7, 11) is 0. The first-order valence-electron chi connectivity index (χ1n) is 2.85. The standard InChI is InChI=1S/C5H9Cl2NO2/c1-2-10-5(9)8-3-4(6)7/h4H,2-3H2,1H3,(H,8,9). The van der Waals surface area contributed by atoms with E-state index in [-0.39, 0.29) is 6.54 Å². The van der Waals surface area contributed by atoms with Crippen LogP contribution in [0.5, 0.6) is 0 Å². The molecule has 5 heteroatoms. The summed E-state index contributed by atoms with van der Waals surface area (Å²) in [5.74, 6) is 0. The number of hydrogen-bond donors (Lipinski definition) is 1. The molecule has 0 rings (SSSR count). The van der Waals surface area contributed by atoms with Crippen molar-refractivity contribution in [2.45, 2.75) is 11.8 Å². The van der Waals surface area contributed by atoms with Gasteiger partial charge in [-0.25, -0.2) is 4.79 Å². The normalized spacial score (nSPS) is 9.60. The van der Waals surface area contributed by atoms with Crippen LogP contribution in [0, 0.1) is 0 Å². The van der Waals surface area contributed by atoms with Gasteiger partial charge >= 0.3 is 6.09 Å². The predicted molar refractivity (Wildman–Crippen MR) is 40.5 cm³/mol. The molecule has 60 valence electrons. The fourth-order valence-electron chi connectivity index (χ4n) is 0.343. The summed E-state index contributed by atoms with van der Waals surface area (Å²) in [5, 5.41) is 2.36. The van der Waals surface area contributed by atoms with Gasteiger partial charge in [0, 0.05) is 0 Å². The molecule has 1 amide bonds. The molecule has 0 atom stereocenters. The Hall–Kier alpha value is -0.150. The molecular formula is C5H9Cl2NO2. The average molecular weight is 186 g/mol. The molecule has 3 nitrogen and oxygen atoms in total. The lowest BCUT2D eigenvalue weighted by molar-refractivity contribution is 0.152. The van der Waals surface area contributed by atoms with E-state index in [1.165, 1.54) is 0 Å². The van der Waals surface area contributed by atoms with Crippen molar-refractivity contribution in [2.24, 2.45) is 0 Å². The summed E-state index contributed by atoms with van der Waals surface area (Å²) < 4.78 is 4.52. The second kappa shape index (κ2) is 5.62. The Morgan fingerprint density at radius 2 is 2.30 bits per heavy atom. The molecule has 0 aliphatic carbocycles. The molecule has 0 aliphatic rings. The lowest BCUT2D eigenvalue weighted by Gasteiger charge is -2.03. The Labute approximate surface area is 69.6 Å². The van der Waals surface area contributed by atoms with Crippen LogP contribution in [0.15, 0.2) is 0 Å².